The Morgan fingerprint density at radius 1 is 1.28 bits per heavy atom. The third kappa shape index (κ3) is 2.65. The molecule has 2 aromatic heterocycles. The van der Waals surface area contributed by atoms with Gasteiger partial charge in [-0.1, -0.05) is 6.92 Å². The summed E-state index contributed by atoms with van der Waals surface area (Å²) in [6, 6.07) is 6.72. The van der Waals surface area contributed by atoms with E-state index < -0.39 is 11.4 Å². The maximum atomic E-state index is 13.4. The molecule has 0 amide bonds. The first-order valence-electron chi connectivity index (χ1n) is 10.3. The van der Waals surface area contributed by atoms with Crippen molar-refractivity contribution in [2.75, 3.05) is 0 Å². The fourth-order valence-electron chi connectivity index (χ4n) is 4.62. The molecule has 0 N–H and O–H groups in total. The van der Waals surface area contributed by atoms with Crippen molar-refractivity contribution in [3.05, 3.63) is 56.9 Å². The number of aldehydes is 1. The standard InChI is InChI=1S/C24H20N2O6/c1-4-24(3)18-8-20-21-15(9-26(20)22(29)17(18)11-31-23(24)30)16(10-27)14-7-13(32-12(2)28)5-6-19(14)25-21/h5-8,10H,4,9,11H2,1-3H3/t24-/m1/s1. The van der Waals surface area contributed by atoms with Crippen molar-refractivity contribution in [2.45, 2.75) is 45.8 Å². The number of nitrogens with zero attached hydrogens (tertiary/aromatic N) is 2. The summed E-state index contributed by atoms with van der Waals surface area (Å²) in [4.78, 5) is 54.0. The number of hydrogen-bond donors (Lipinski definition) is 0. The largest absolute Gasteiger partial charge is 0.460 e. The molecule has 0 unspecified atom stereocenters. The monoisotopic (exact) mass is 432 g/mol. The minimum atomic E-state index is -0.922. The van der Waals surface area contributed by atoms with Gasteiger partial charge >= 0.3 is 11.9 Å². The molecule has 1 aromatic carbocycles. The van der Waals surface area contributed by atoms with Gasteiger partial charge < -0.3 is 14.0 Å². The van der Waals surface area contributed by atoms with Gasteiger partial charge in [0.25, 0.3) is 5.56 Å². The number of carbonyl (C=O) groups excluding carboxylic acids is 3. The summed E-state index contributed by atoms with van der Waals surface area (Å²) in [6.07, 6.45) is 1.22. The molecule has 0 fully saturated rings. The number of aromatic nitrogens is 2. The average Bonchev–Trinajstić information content (AvgIpc) is 3.13. The highest BCUT2D eigenvalue weighted by atomic mass is 16.5. The third-order valence-corrected chi connectivity index (χ3v) is 6.54. The van der Waals surface area contributed by atoms with Gasteiger partial charge in [0.15, 0.2) is 6.29 Å². The van der Waals surface area contributed by atoms with Crippen molar-refractivity contribution in [3.63, 3.8) is 0 Å². The number of benzene rings is 1. The molecule has 32 heavy (non-hydrogen) atoms. The van der Waals surface area contributed by atoms with Crippen LogP contribution in [0, 0.1) is 0 Å². The molecule has 1 atom stereocenters. The van der Waals surface area contributed by atoms with E-state index >= 15 is 0 Å². The summed E-state index contributed by atoms with van der Waals surface area (Å²) >= 11 is 0. The lowest BCUT2D eigenvalue weighted by Crippen LogP contribution is -2.42. The number of cyclic esters (lactones) is 1. The van der Waals surface area contributed by atoms with Gasteiger partial charge in [0.2, 0.25) is 0 Å². The van der Waals surface area contributed by atoms with Crippen LogP contribution in [0.5, 0.6) is 5.75 Å². The Bertz CT molecular complexity index is 1420. The molecule has 5 rings (SSSR count). The molecule has 0 aliphatic carbocycles. The molecule has 8 heteroatoms. The molecule has 0 saturated carbocycles. The lowest BCUT2D eigenvalue weighted by molar-refractivity contribution is -0.153. The molecule has 0 spiro atoms. The SMILES string of the molecule is CC[C@@]1(C)C(=O)OCc2c1cc1n(c2=O)Cc2c-1nc1ccc(OC(C)=O)cc1c2C=O. The van der Waals surface area contributed by atoms with Gasteiger partial charge in [0, 0.05) is 23.4 Å². The van der Waals surface area contributed by atoms with Crippen molar-refractivity contribution in [3.8, 4) is 17.1 Å². The number of pyridine rings is 2. The smallest absolute Gasteiger partial charge is 0.316 e. The summed E-state index contributed by atoms with van der Waals surface area (Å²) in [5, 5.41) is 0.542. The lowest BCUT2D eigenvalue weighted by atomic mass is 9.76. The number of rotatable bonds is 3. The van der Waals surface area contributed by atoms with Gasteiger partial charge in [0.05, 0.1) is 34.4 Å². The number of carbonyl (C=O) groups is 3. The summed E-state index contributed by atoms with van der Waals surface area (Å²) in [5.74, 6) is -0.508. The highest BCUT2D eigenvalue weighted by molar-refractivity contribution is 6.01. The van der Waals surface area contributed by atoms with E-state index in [-0.39, 0.29) is 24.7 Å². The number of fused-ring (bicyclic) bond motifs is 5. The summed E-state index contributed by atoms with van der Waals surface area (Å²) in [7, 11) is 0. The number of hydrogen-bond acceptors (Lipinski definition) is 7. The number of ether oxygens (including phenoxy) is 2. The molecule has 4 heterocycles. The lowest BCUT2D eigenvalue weighted by Gasteiger charge is -2.33. The second-order valence-corrected chi connectivity index (χ2v) is 8.32. The molecule has 0 saturated heterocycles. The molecule has 0 radical (unpaired) electrons. The van der Waals surface area contributed by atoms with Crippen molar-refractivity contribution in [2.24, 2.45) is 0 Å². The molecular formula is C24H20N2O6. The Hall–Kier alpha value is -3.81. The van der Waals surface area contributed by atoms with Crippen LogP contribution in [-0.4, -0.2) is 27.8 Å². The van der Waals surface area contributed by atoms with Crippen LogP contribution in [-0.2, 0) is 32.9 Å². The second kappa shape index (κ2) is 6.85. The summed E-state index contributed by atoms with van der Waals surface area (Å²) < 4.78 is 12.0. The molecule has 3 aromatic rings. The van der Waals surface area contributed by atoms with Crippen LogP contribution in [0.2, 0.25) is 0 Å². The Balaban J connectivity index is 1.77. The molecule has 8 nitrogen and oxygen atoms in total. The van der Waals surface area contributed by atoms with E-state index in [1.165, 1.54) is 6.92 Å². The third-order valence-electron chi connectivity index (χ3n) is 6.54. The molecule has 0 bridgehead atoms. The first-order valence-corrected chi connectivity index (χ1v) is 10.3. The zero-order chi connectivity index (χ0) is 22.8. The molecule has 2 aliphatic rings. The van der Waals surface area contributed by atoms with Gasteiger partial charge in [-0.05, 0) is 43.2 Å². The average molecular weight is 432 g/mol. The minimum absolute atomic E-state index is 0.0685. The van der Waals surface area contributed by atoms with E-state index in [1.807, 2.05) is 13.0 Å². The quantitative estimate of drug-likeness (QED) is 0.278. The van der Waals surface area contributed by atoms with Crippen LogP contribution in [0.3, 0.4) is 0 Å². The first kappa shape index (κ1) is 20.1. The van der Waals surface area contributed by atoms with Crippen LogP contribution < -0.4 is 10.3 Å². The van der Waals surface area contributed by atoms with Gasteiger partial charge in [-0.15, -0.1) is 0 Å². The maximum Gasteiger partial charge on any atom is 0.316 e. The van der Waals surface area contributed by atoms with Gasteiger partial charge in [0.1, 0.15) is 12.4 Å². The Morgan fingerprint density at radius 3 is 2.75 bits per heavy atom. The maximum absolute atomic E-state index is 13.4. The van der Waals surface area contributed by atoms with Gasteiger partial charge in [-0.25, -0.2) is 4.98 Å². The zero-order valence-electron chi connectivity index (χ0n) is 17.9. The van der Waals surface area contributed by atoms with E-state index in [2.05, 4.69) is 0 Å². The minimum Gasteiger partial charge on any atom is -0.460 e. The van der Waals surface area contributed by atoms with E-state index in [0.29, 0.717) is 56.7 Å². The van der Waals surface area contributed by atoms with Crippen molar-refractivity contribution >= 4 is 29.1 Å². The van der Waals surface area contributed by atoms with Crippen LogP contribution >= 0.6 is 0 Å². The zero-order valence-corrected chi connectivity index (χ0v) is 17.9. The van der Waals surface area contributed by atoms with Crippen molar-refractivity contribution in [1.29, 1.82) is 0 Å². The highest BCUT2D eigenvalue weighted by Crippen LogP contribution is 2.41. The Labute approximate surface area is 182 Å². The predicted molar refractivity (Wildman–Crippen MR) is 115 cm³/mol. The Kier molecular flexibility index (Phi) is 4.30. The Morgan fingerprint density at radius 2 is 2.06 bits per heavy atom. The number of esters is 2. The second-order valence-electron chi connectivity index (χ2n) is 8.32. The van der Waals surface area contributed by atoms with Gasteiger partial charge in [-0.2, -0.15) is 0 Å². The van der Waals surface area contributed by atoms with Crippen LogP contribution in [0.15, 0.2) is 29.1 Å². The summed E-state index contributed by atoms with van der Waals surface area (Å²) in [6.45, 7) is 5.07. The topological polar surface area (TPSA) is 105 Å². The fraction of sp³-hybridized carbons (Fsp3) is 0.292. The van der Waals surface area contributed by atoms with E-state index in [4.69, 9.17) is 14.5 Å². The van der Waals surface area contributed by atoms with Crippen molar-refractivity contribution < 1.29 is 23.9 Å². The molecule has 162 valence electrons. The molecular weight excluding hydrogens is 412 g/mol. The van der Waals surface area contributed by atoms with Crippen LogP contribution in [0.1, 0.15) is 54.2 Å². The van der Waals surface area contributed by atoms with Crippen LogP contribution in [0.4, 0.5) is 0 Å². The molecule has 2 aliphatic heterocycles. The normalized spacial score (nSPS) is 18.5. The predicted octanol–water partition coefficient (Wildman–Crippen LogP) is 2.89. The van der Waals surface area contributed by atoms with Gasteiger partial charge in [-0.3, -0.25) is 19.2 Å². The first-order chi connectivity index (χ1) is 15.3. The van der Waals surface area contributed by atoms with Crippen LogP contribution in [0.25, 0.3) is 22.3 Å². The van der Waals surface area contributed by atoms with E-state index in [0.717, 1.165) is 6.29 Å². The van der Waals surface area contributed by atoms with Crippen molar-refractivity contribution in [1.82, 2.24) is 9.55 Å². The van der Waals surface area contributed by atoms with E-state index in [1.54, 1.807) is 29.7 Å². The fourth-order valence-corrected chi connectivity index (χ4v) is 4.62. The summed E-state index contributed by atoms with van der Waals surface area (Å²) in [5.41, 5.74) is 2.61. The highest BCUT2D eigenvalue weighted by Gasteiger charge is 2.43. The van der Waals surface area contributed by atoms with E-state index in [9.17, 15) is 19.2 Å².